The third-order valence-corrected chi connectivity index (χ3v) is 4.95. The van der Waals surface area contributed by atoms with Crippen LogP contribution in [-0.4, -0.2) is 24.9 Å². The van der Waals surface area contributed by atoms with Crippen LogP contribution in [0, 0.1) is 11.7 Å². The van der Waals surface area contributed by atoms with E-state index in [2.05, 4.69) is 27.5 Å². The maximum absolute atomic E-state index is 13.3. The first-order valence-electron chi connectivity index (χ1n) is 7.92. The Morgan fingerprint density at radius 2 is 2.28 bits per heavy atom. The lowest BCUT2D eigenvalue weighted by Gasteiger charge is -2.17. The largest absolute Gasteiger partial charge is 0.508 e. The Bertz CT molecular complexity index is 990. The van der Waals surface area contributed by atoms with E-state index in [4.69, 9.17) is 0 Å². The molecule has 1 atom stereocenters. The molecule has 2 N–H and O–H groups in total. The summed E-state index contributed by atoms with van der Waals surface area (Å²) in [5.41, 5.74) is 1.73. The molecular formula is C17H16FN5OS. The van der Waals surface area contributed by atoms with E-state index < -0.39 is 0 Å². The van der Waals surface area contributed by atoms with Gasteiger partial charge in [0.15, 0.2) is 5.82 Å². The first kappa shape index (κ1) is 15.8. The molecule has 4 rings (SSSR count). The molecule has 0 aliphatic heterocycles. The summed E-state index contributed by atoms with van der Waals surface area (Å²) in [7, 11) is 0. The van der Waals surface area contributed by atoms with E-state index >= 15 is 0 Å². The van der Waals surface area contributed by atoms with Gasteiger partial charge < -0.3 is 10.4 Å². The quantitative estimate of drug-likeness (QED) is 0.738. The molecule has 0 bridgehead atoms. The van der Waals surface area contributed by atoms with Crippen LogP contribution >= 0.6 is 11.3 Å². The molecule has 0 amide bonds. The number of allylic oxidation sites excluding steroid dienone is 3. The molecule has 2 aromatic heterocycles. The predicted octanol–water partition coefficient (Wildman–Crippen LogP) is 4.02. The summed E-state index contributed by atoms with van der Waals surface area (Å²) in [4.78, 5) is 0.665. The molecule has 2 heterocycles. The lowest BCUT2D eigenvalue weighted by Crippen LogP contribution is -2.09. The number of aromatic nitrogens is 4. The highest BCUT2D eigenvalue weighted by atomic mass is 32.1. The van der Waals surface area contributed by atoms with Gasteiger partial charge in [-0.25, -0.2) is 4.39 Å². The van der Waals surface area contributed by atoms with E-state index in [1.807, 2.05) is 6.08 Å². The summed E-state index contributed by atoms with van der Waals surface area (Å²) in [6.07, 6.45) is 4.98. The van der Waals surface area contributed by atoms with Crippen LogP contribution in [0.2, 0.25) is 0 Å². The lowest BCUT2D eigenvalue weighted by molar-refractivity contribution is 0.418. The van der Waals surface area contributed by atoms with E-state index in [9.17, 15) is 9.50 Å². The molecule has 1 aromatic carbocycles. The first-order chi connectivity index (χ1) is 12.1. The summed E-state index contributed by atoms with van der Waals surface area (Å²) in [6.45, 7) is 2.12. The Morgan fingerprint density at radius 3 is 3.12 bits per heavy atom. The molecule has 8 heteroatoms. The number of aliphatic hydroxyl groups excluding tert-OH is 1. The van der Waals surface area contributed by atoms with E-state index in [1.165, 1.54) is 23.5 Å². The number of fused-ring (bicyclic) bond motifs is 1. The van der Waals surface area contributed by atoms with Crippen LogP contribution in [0.4, 0.5) is 15.2 Å². The molecule has 0 radical (unpaired) electrons. The highest BCUT2D eigenvalue weighted by Crippen LogP contribution is 2.27. The standard InChI is InChI=1S/C17H16FN5OS/c1-10-5-6-14(24)7-11(10)8-15-20-21-17-23(15)22-16(25-17)19-13-4-2-3-12(18)9-13/h2-4,6-7,9-10,24H,5,8H2,1H3,(H,19,22). The summed E-state index contributed by atoms with van der Waals surface area (Å²) >= 11 is 1.35. The number of anilines is 2. The predicted molar refractivity (Wildman–Crippen MR) is 94.6 cm³/mol. The molecule has 1 aliphatic carbocycles. The van der Waals surface area contributed by atoms with Crippen LogP contribution < -0.4 is 5.32 Å². The number of aliphatic hydroxyl groups is 1. The second-order valence-corrected chi connectivity index (χ2v) is 6.97. The molecule has 1 unspecified atom stereocenters. The Labute approximate surface area is 147 Å². The zero-order chi connectivity index (χ0) is 17.4. The van der Waals surface area contributed by atoms with E-state index in [1.54, 1.807) is 22.7 Å². The van der Waals surface area contributed by atoms with Crippen LogP contribution in [-0.2, 0) is 6.42 Å². The van der Waals surface area contributed by atoms with E-state index in [-0.39, 0.29) is 5.82 Å². The highest BCUT2D eigenvalue weighted by Gasteiger charge is 2.18. The lowest BCUT2D eigenvalue weighted by atomic mass is 9.90. The van der Waals surface area contributed by atoms with Gasteiger partial charge in [0, 0.05) is 12.1 Å². The fourth-order valence-corrected chi connectivity index (χ4v) is 3.53. The summed E-state index contributed by atoms with van der Waals surface area (Å²) in [6, 6.07) is 6.22. The molecule has 1 aliphatic rings. The van der Waals surface area contributed by atoms with Crippen molar-refractivity contribution in [1.82, 2.24) is 19.8 Å². The smallest absolute Gasteiger partial charge is 0.236 e. The number of nitrogens with zero attached hydrogens (tertiary/aromatic N) is 4. The Morgan fingerprint density at radius 1 is 1.40 bits per heavy atom. The molecule has 0 saturated carbocycles. The molecule has 6 nitrogen and oxygen atoms in total. The average Bonchev–Trinajstić information content (AvgIpc) is 3.12. The van der Waals surface area contributed by atoms with E-state index in [0.717, 1.165) is 12.0 Å². The van der Waals surface area contributed by atoms with Crippen molar-refractivity contribution in [1.29, 1.82) is 0 Å². The monoisotopic (exact) mass is 357 g/mol. The minimum absolute atomic E-state index is 0.292. The van der Waals surface area contributed by atoms with Gasteiger partial charge in [0.2, 0.25) is 10.1 Å². The van der Waals surface area contributed by atoms with Gasteiger partial charge in [0.1, 0.15) is 11.6 Å². The molecule has 0 fully saturated rings. The first-order valence-corrected chi connectivity index (χ1v) is 8.73. The fourth-order valence-electron chi connectivity index (χ4n) is 2.76. The zero-order valence-corrected chi connectivity index (χ0v) is 14.3. The minimum Gasteiger partial charge on any atom is -0.508 e. The van der Waals surface area contributed by atoms with Crippen LogP contribution in [0.3, 0.4) is 0 Å². The van der Waals surface area contributed by atoms with Crippen molar-refractivity contribution in [2.45, 2.75) is 19.8 Å². The average molecular weight is 357 g/mol. The van der Waals surface area contributed by atoms with Crippen molar-refractivity contribution >= 4 is 27.1 Å². The van der Waals surface area contributed by atoms with Crippen molar-refractivity contribution in [3.8, 4) is 0 Å². The number of halogens is 1. The van der Waals surface area contributed by atoms with Crippen molar-refractivity contribution in [2.75, 3.05) is 5.32 Å². The Hall–Kier alpha value is -2.74. The highest BCUT2D eigenvalue weighted by molar-refractivity contribution is 7.20. The summed E-state index contributed by atoms with van der Waals surface area (Å²) in [5.74, 6) is 1.04. The van der Waals surface area contributed by atoms with Gasteiger partial charge in [-0.05, 0) is 42.7 Å². The van der Waals surface area contributed by atoms with Crippen LogP contribution in [0.1, 0.15) is 19.2 Å². The zero-order valence-electron chi connectivity index (χ0n) is 13.5. The van der Waals surface area contributed by atoms with Gasteiger partial charge in [-0.2, -0.15) is 4.52 Å². The van der Waals surface area contributed by atoms with Crippen LogP contribution in [0.5, 0.6) is 0 Å². The fraction of sp³-hybridized carbons (Fsp3) is 0.235. The van der Waals surface area contributed by atoms with E-state index in [0.29, 0.717) is 39.7 Å². The second kappa shape index (κ2) is 6.29. The number of benzene rings is 1. The third kappa shape index (κ3) is 3.25. The van der Waals surface area contributed by atoms with Gasteiger partial charge in [-0.3, -0.25) is 0 Å². The van der Waals surface area contributed by atoms with Crippen LogP contribution in [0.25, 0.3) is 4.96 Å². The summed E-state index contributed by atoms with van der Waals surface area (Å²) < 4.78 is 15.0. The van der Waals surface area contributed by atoms with Gasteiger partial charge in [-0.15, -0.1) is 15.3 Å². The second-order valence-electron chi connectivity index (χ2n) is 6.01. The SMILES string of the molecule is CC1CC=C(O)C=C1Cc1nnc2sc(Nc3cccc(F)c3)nn12. The minimum atomic E-state index is -0.306. The van der Waals surface area contributed by atoms with Gasteiger partial charge >= 0.3 is 0 Å². The Kier molecular flexibility index (Phi) is 3.96. The molecular weight excluding hydrogens is 341 g/mol. The number of hydrogen-bond donors (Lipinski definition) is 2. The number of hydrogen-bond acceptors (Lipinski definition) is 6. The molecule has 0 spiro atoms. The third-order valence-electron chi connectivity index (χ3n) is 4.14. The number of nitrogens with one attached hydrogen (secondary N) is 1. The summed E-state index contributed by atoms with van der Waals surface area (Å²) in [5, 5.41) is 26.3. The van der Waals surface area contributed by atoms with Gasteiger partial charge in [0.05, 0.1) is 0 Å². The number of rotatable bonds is 4. The molecule has 25 heavy (non-hydrogen) atoms. The molecule has 0 saturated heterocycles. The topological polar surface area (TPSA) is 75.3 Å². The normalized spacial score (nSPS) is 17.4. The maximum atomic E-state index is 13.3. The van der Waals surface area contributed by atoms with Crippen molar-refractivity contribution in [2.24, 2.45) is 5.92 Å². The Balaban J connectivity index is 1.59. The molecule has 3 aromatic rings. The van der Waals surface area contributed by atoms with Crippen molar-refractivity contribution < 1.29 is 9.50 Å². The van der Waals surface area contributed by atoms with Gasteiger partial charge in [0.25, 0.3) is 0 Å². The van der Waals surface area contributed by atoms with Gasteiger partial charge in [-0.1, -0.05) is 29.9 Å². The van der Waals surface area contributed by atoms with Crippen molar-refractivity contribution in [3.63, 3.8) is 0 Å². The maximum Gasteiger partial charge on any atom is 0.236 e. The molecule has 128 valence electrons. The van der Waals surface area contributed by atoms with Crippen LogP contribution in [0.15, 0.2) is 47.7 Å². The van der Waals surface area contributed by atoms with Crippen molar-refractivity contribution in [3.05, 3.63) is 59.4 Å².